The van der Waals surface area contributed by atoms with E-state index in [1.165, 1.54) is 5.56 Å². The molecule has 0 aliphatic heterocycles. The van der Waals surface area contributed by atoms with Crippen molar-refractivity contribution in [2.24, 2.45) is 5.73 Å². The molecule has 0 atom stereocenters. The van der Waals surface area contributed by atoms with E-state index in [0.717, 1.165) is 18.9 Å². The summed E-state index contributed by atoms with van der Waals surface area (Å²) in [6.45, 7) is 0.567. The smallest absolute Gasteiger partial charge is 0.284 e. The highest BCUT2D eigenvalue weighted by Crippen LogP contribution is 2.23. The highest BCUT2D eigenvalue weighted by molar-refractivity contribution is 6.08. The summed E-state index contributed by atoms with van der Waals surface area (Å²) in [5.41, 5.74) is 6.83. The number of aryl methyl sites for hydroxylation is 1. The van der Waals surface area contributed by atoms with Gasteiger partial charge in [0.25, 0.3) is 11.8 Å². The minimum absolute atomic E-state index is 0.0884. The number of amides is 2. The molecule has 0 fully saturated rings. The minimum Gasteiger partial charge on any atom is -0.494 e. The third kappa shape index (κ3) is 5.27. The molecule has 3 aromatic carbocycles. The predicted octanol–water partition coefficient (Wildman–Crippen LogP) is 4.16. The largest absolute Gasteiger partial charge is 0.494 e. The molecule has 166 valence electrons. The predicted molar refractivity (Wildman–Crippen MR) is 126 cm³/mol. The molecule has 0 aliphatic carbocycles. The monoisotopic (exact) mass is 442 g/mol. The van der Waals surface area contributed by atoms with Crippen LogP contribution in [0, 0.1) is 0 Å². The van der Waals surface area contributed by atoms with Gasteiger partial charge in [0, 0.05) is 11.6 Å². The Balaban J connectivity index is 1.41. The van der Waals surface area contributed by atoms with Gasteiger partial charge in [0.15, 0.2) is 16.8 Å². The highest BCUT2D eigenvalue weighted by atomic mass is 16.5. The van der Waals surface area contributed by atoms with E-state index in [2.05, 4.69) is 17.4 Å². The van der Waals surface area contributed by atoms with E-state index in [0.29, 0.717) is 17.9 Å². The van der Waals surface area contributed by atoms with Crippen LogP contribution in [0.1, 0.15) is 32.9 Å². The molecule has 0 aliphatic rings. The fourth-order valence-electron chi connectivity index (χ4n) is 3.41. The number of hydrogen-bond donors (Lipinski definition) is 2. The Hall–Kier alpha value is -4.39. The number of ether oxygens (including phenoxy) is 1. The van der Waals surface area contributed by atoms with Crippen LogP contribution in [0.5, 0.6) is 5.75 Å². The second-order valence-corrected chi connectivity index (χ2v) is 7.44. The summed E-state index contributed by atoms with van der Waals surface area (Å²) in [6.07, 6.45) is 1.81. The van der Waals surface area contributed by atoms with Crippen molar-refractivity contribution in [1.82, 2.24) is 0 Å². The quantitative estimate of drug-likeness (QED) is 0.398. The number of nitrogens with one attached hydrogen (secondary N) is 1. The highest BCUT2D eigenvalue weighted by Gasteiger charge is 2.14. The first-order valence-electron chi connectivity index (χ1n) is 10.5. The van der Waals surface area contributed by atoms with Gasteiger partial charge >= 0.3 is 0 Å². The van der Waals surface area contributed by atoms with Crippen molar-refractivity contribution in [2.45, 2.75) is 12.8 Å². The molecular formula is C26H22N2O5. The number of para-hydroxylation sites is 1. The molecule has 0 unspecified atom stereocenters. The summed E-state index contributed by atoms with van der Waals surface area (Å²) >= 11 is 0. The van der Waals surface area contributed by atoms with Crippen LogP contribution in [0.2, 0.25) is 0 Å². The molecule has 0 bridgehead atoms. The van der Waals surface area contributed by atoms with Gasteiger partial charge in [-0.3, -0.25) is 14.4 Å². The van der Waals surface area contributed by atoms with E-state index >= 15 is 0 Å². The summed E-state index contributed by atoms with van der Waals surface area (Å²) < 4.78 is 11.2. The number of rotatable bonds is 8. The van der Waals surface area contributed by atoms with E-state index in [9.17, 15) is 14.4 Å². The Morgan fingerprint density at radius 3 is 2.42 bits per heavy atom. The van der Waals surface area contributed by atoms with E-state index in [-0.39, 0.29) is 22.4 Å². The summed E-state index contributed by atoms with van der Waals surface area (Å²) in [4.78, 5) is 36.4. The molecule has 7 nitrogen and oxygen atoms in total. The zero-order valence-electron chi connectivity index (χ0n) is 17.7. The number of carbonyl (C=O) groups is 2. The van der Waals surface area contributed by atoms with Crippen molar-refractivity contribution in [2.75, 3.05) is 11.9 Å². The molecule has 2 amide bonds. The van der Waals surface area contributed by atoms with Crippen molar-refractivity contribution in [3.05, 3.63) is 106 Å². The van der Waals surface area contributed by atoms with Crippen LogP contribution in [-0.2, 0) is 6.42 Å². The molecule has 3 N–H and O–H groups in total. The summed E-state index contributed by atoms with van der Waals surface area (Å²) in [7, 11) is 0. The SMILES string of the molecule is NC(=O)c1cc(=O)c2cccc(NC(=O)c3ccc(OCCCc4ccccc4)cc3)c2o1. The molecule has 0 saturated carbocycles. The molecule has 33 heavy (non-hydrogen) atoms. The van der Waals surface area contributed by atoms with Crippen molar-refractivity contribution >= 4 is 28.5 Å². The van der Waals surface area contributed by atoms with Crippen LogP contribution in [0.15, 0.2) is 88.1 Å². The van der Waals surface area contributed by atoms with E-state index in [1.54, 1.807) is 42.5 Å². The fraction of sp³-hybridized carbons (Fsp3) is 0.115. The first kappa shape index (κ1) is 21.8. The zero-order chi connectivity index (χ0) is 23.2. The molecule has 7 heteroatoms. The number of primary amides is 1. The first-order valence-corrected chi connectivity index (χ1v) is 10.5. The van der Waals surface area contributed by atoms with Gasteiger partial charge in [-0.05, 0) is 54.8 Å². The Bertz CT molecular complexity index is 1340. The van der Waals surface area contributed by atoms with Crippen LogP contribution in [-0.4, -0.2) is 18.4 Å². The number of anilines is 1. The third-order valence-corrected chi connectivity index (χ3v) is 5.08. The Morgan fingerprint density at radius 1 is 0.939 bits per heavy atom. The maximum Gasteiger partial charge on any atom is 0.284 e. The van der Waals surface area contributed by atoms with Gasteiger partial charge in [0.1, 0.15) is 5.75 Å². The molecule has 4 aromatic rings. The lowest BCUT2D eigenvalue weighted by Gasteiger charge is -2.10. The lowest BCUT2D eigenvalue weighted by atomic mass is 10.1. The van der Waals surface area contributed by atoms with E-state index < -0.39 is 17.2 Å². The van der Waals surface area contributed by atoms with Gasteiger partial charge in [0.05, 0.1) is 17.7 Å². The average Bonchev–Trinajstić information content (AvgIpc) is 2.83. The van der Waals surface area contributed by atoms with Crippen molar-refractivity contribution in [3.8, 4) is 5.75 Å². The molecule has 0 radical (unpaired) electrons. The van der Waals surface area contributed by atoms with E-state index in [1.807, 2.05) is 18.2 Å². The van der Waals surface area contributed by atoms with Crippen LogP contribution in [0.3, 0.4) is 0 Å². The molecule has 0 spiro atoms. The topological polar surface area (TPSA) is 112 Å². The van der Waals surface area contributed by atoms with Crippen molar-refractivity contribution in [1.29, 1.82) is 0 Å². The summed E-state index contributed by atoms with van der Waals surface area (Å²) in [5.74, 6) is -0.871. The van der Waals surface area contributed by atoms with E-state index in [4.69, 9.17) is 14.9 Å². The Kier molecular flexibility index (Phi) is 6.50. The van der Waals surface area contributed by atoms with Gasteiger partial charge in [-0.2, -0.15) is 0 Å². The second-order valence-electron chi connectivity index (χ2n) is 7.44. The number of benzene rings is 3. The second kappa shape index (κ2) is 9.82. The van der Waals surface area contributed by atoms with Gasteiger partial charge in [-0.1, -0.05) is 36.4 Å². The molecular weight excluding hydrogens is 420 g/mol. The third-order valence-electron chi connectivity index (χ3n) is 5.08. The average molecular weight is 442 g/mol. The standard InChI is InChI=1S/C26H22N2O5/c27-25(30)23-16-22(29)20-9-4-10-21(24(20)33-23)28-26(31)18-11-13-19(14-12-18)32-15-5-8-17-6-2-1-3-7-17/h1-4,6-7,9-14,16H,5,8,15H2,(H2,27,30)(H,28,31). The first-order chi connectivity index (χ1) is 16.0. The molecule has 0 saturated heterocycles. The number of fused-ring (bicyclic) bond motifs is 1. The Morgan fingerprint density at radius 2 is 1.70 bits per heavy atom. The maximum absolute atomic E-state index is 12.7. The van der Waals surface area contributed by atoms with Crippen LogP contribution in [0.4, 0.5) is 5.69 Å². The van der Waals surface area contributed by atoms with Crippen molar-refractivity contribution < 1.29 is 18.7 Å². The summed E-state index contributed by atoms with van der Waals surface area (Å²) in [5, 5.41) is 2.95. The number of nitrogens with two attached hydrogens (primary N) is 1. The molecule has 1 heterocycles. The maximum atomic E-state index is 12.7. The minimum atomic E-state index is -0.866. The Labute approximate surface area is 189 Å². The van der Waals surface area contributed by atoms with Gasteiger partial charge in [0.2, 0.25) is 0 Å². The van der Waals surface area contributed by atoms with Crippen LogP contribution in [0.25, 0.3) is 11.0 Å². The van der Waals surface area contributed by atoms with Gasteiger partial charge < -0.3 is 20.2 Å². The van der Waals surface area contributed by atoms with Gasteiger partial charge in [-0.25, -0.2) is 0 Å². The number of carbonyl (C=O) groups excluding carboxylic acids is 2. The molecule has 1 aromatic heterocycles. The van der Waals surface area contributed by atoms with Crippen molar-refractivity contribution in [3.63, 3.8) is 0 Å². The van der Waals surface area contributed by atoms with Crippen LogP contribution < -0.4 is 21.2 Å². The fourth-order valence-corrected chi connectivity index (χ4v) is 3.41. The normalized spacial score (nSPS) is 10.7. The van der Waals surface area contributed by atoms with Gasteiger partial charge in [-0.15, -0.1) is 0 Å². The molecule has 4 rings (SSSR count). The van der Waals surface area contributed by atoms with Crippen LogP contribution >= 0.6 is 0 Å². The zero-order valence-corrected chi connectivity index (χ0v) is 17.7. The number of hydrogen-bond acceptors (Lipinski definition) is 5. The lowest BCUT2D eigenvalue weighted by molar-refractivity contribution is 0.0974. The lowest BCUT2D eigenvalue weighted by Crippen LogP contribution is -2.16. The summed E-state index contributed by atoms with van der Waals surface area (Å²) in [6, 6.07) is 22.7.